The van der Waals surface area contributed by atoms with Crippen molar-refractivity contribution < 1.29 is 17.9 Å². The molecule has 3 N–H and O–H groups in total. The lowest BCUT2D eigenvalue weighted by Crippen LogP contribution is -2.42. The summed E-state index contributed by atoms with van der Waals surface area (Å²) in [6, 6.07) is 2.27. The lowest BCUT2D eigenvalue weighted by molar-refractivity contribution is -0.137. The van der Waals surface area contributed by atoms with Crippen molar-refractivity contribution in [2.75, 3.05) is 65.9 Å². The van der Waals surface area contributed by atoms with Gasteiger partial charge in [-0.1, -0.05) is 0 Å². The van der Waals surface area contributed by atoms with Crippen LogP contribution in [-0.4, -0.2) is 76.4 Å². The number of guanidine groups is 1. The van der Waals surface area contributed by atoms with Gasteiger partial charge in [-0.2, -0.15) is 13.2 Å². The van der Waals surface area contributed by atoms with Crippen LogP contribution in [0.15, 0.2) is 23.3 Å². The number of methoxy groups -OCH3 is 1. The number of ether oxygens (including phenoxy) is 1. The van der Waals surface area contributed by atoms with Gasteiger partial charge in [0.15, 0.2) is 5.96 Å². The van der Waals surface area contributed by atoms with Crippen molar-refractivity contribution in [1.82, 2.24) is 20.5 Å². The number of nitrogens with one attached hydrogen (secondary N) is 3. The van der Waals surface area contributed by atoms with Crippen LogP contribution in [-0.2, 0) is 10.9 Å². The molecule has 1 heterocycles. The smallest absolute Gasteiger partial charge is 0.385 e. The van der Waals surface area contributed by atoms with Crippen LogP contribution in [0.4, 0.5) is 19.0 Å². The molecule has 1 aromatic heterocycles. The van der Waals surface area contributed by atoms with Crippen LogP contribution in [0.25, 0.3) is 0 Å². The molecule has 28 heavy (non-hydrogen) atoms. The lowest BCUT2D eigenvalue weighted by atomic mass is 10.2. The van der Waals surface area contributed by atoms with E-state index in [1.807, 2.05) is 7.05 Å². The fourth-order valence-electron chi connectivity index (χ4n) is 2.31. The zero-order valence-electron chi connectivity index (χ0n) is 16.5. The number of hydrogen-bond acceptors (Lipinski definition) is 5. The van der Waals surface area contributed by atoms with E-state index in [1.54, 1.807) is 14.2 Å². The fourth-order valence-corrected chi connectivity index (χ4v) is 2.31. The Kier molecular flexibility index (Phi) is 13.9. The number of aromatic nitrogens is 1. The van der Waals surface area contributed by atoms with Crippen LogP contribution in [0.2, 0.25) is 0 Å². The molecule has 1 rings (SSSR count). The summed E-state index contributed by atoms with van der Waals surface area (Å²) < 4.78 is 43.7. The maximum Gasteiger partial charge on any atom is 0.419 e. The number of aliphatic imine (C=N–C) groups is 1. The van der Waals surface area contributed by atoms with Crippen molar-refractivity contribution in [3.63, 3.8) is 0 Å². The summed E-state index contributed by atoms with van der Waals surface area (Å²) in [6.07, 6.45) is -2.13. The van der Waals surface area contributed by atoms with Gasteiger partial charge in [0.2, 0.25) is 0 Å². The average molecular weight is 518 g/mol. The summed E-state index contributed by atoms with van der Waals surface area (Å²) >= 11 is 0. The van der Waals surface area contributed by atoms with Crippen molar-refractivity contribution in [3.8, 4) is 0 Å². The van der Waals surface area contributed by atoms with E-state index in [0.29, 0.717) is 19.0 Å². The van der Waals surface area contributed by atoms with Gasteiger partial charge in [-0.15, -0.1) is 24.0 Å². The van der Waals surface area contributed by atoms with Gasteiger partial charge in [-0.05, 0) is 25.6 Å². The van der Waals surface area contributed by atoms with Crippen LogP contribution in [0.5, 0.6) is 0 Å². The van der Waals surface area contributed by atoms with Gasteiger partial charge in [0.05, 0.1) is 5.56 Å². The molecule has 0 fully saturated rings. The van der Waals surface area contributed by atoms with E-state index in [4.69, 9.17) is 4.74 Å². The normalized spacial score (nSPS) is 11.9. The SMILES string of the molecule is CN=C(NCCNc1ncccc1C(F)(F)F)NCCN(C)CCCOC.I. The first kappa shape index (κ1) is 26.7. The Morgan fingerprint density at radius 1 is 1.21 bits per heavy atom. The highest BCUT2D eigenvalue weighted by molar-refractivity contribution is 14.0. The summed E-state index contributed by atoms with van der Waals surface area (Å²) in [7, 11) is 5.36. The summed E-state index contributed by atoms with van der Waals surface area (Å²) in [5.74, 6) is 0.423. The number of rotatable bonds is 11. The van der Waals surface area contributed by atoms with E-state index in [9.17, 15) is 13.2 Å². The summed E-state index contributed by atoms with van der Waals surface area (Å²) in [6.45, 7) is 3.90. The largest absolute Gasteiger partial charge is 0.419 e. The van der Waals surface area contributed by atoms with Crippen LogP contribution >= 0.6 is 24.0 Å². The number of alkyl halides is 3. The monoisotopic (exact) mass is 518 g/mol. The van der Waals surface area contributed by atoms with E-state index < -0.39 is 11.7 Å². The van der Waals surface area contributed by atoms with E-state index in [0.717, 1.165) is 32.2 Å². The van der Waals surface area contributed by atoms with Crippen LogP contribution in [0.3, 0.4) is 0 Å². The number of likely N-dealkylation sites (N-methyl/N-ethyl adjacent to an activating group) is 1. The molecular formula is C17H30F3IN6O. The number of nitrogens with zero attached hydrogens (tertiary/aromatic N) is 3. The first-order chi connectivity index (χ1) is 12.9. The third-order valence-electron chi connectivity index (χ3n) is 3.72. The van der Waals surface area contributed by atoms with Gasteiger partial charge in [-0.3, -0.25) is 4.99 Å². The second-order valence-corrected chi connectivity index (χ2v) is 5.90. The molecule has 0 aliphatic carbocycles. The number of hydrogen-bond donors (Lipinski definition) is 3. The van der Waals surface area contributed by atoms with Crippen molar-refractivity contribution >= 4 is 35.8 Å². The Morgan fingerprint density at radius 3 is 2.57 bits per heavy atom. The molecule has 0 bridgehead atoms. The van der Waals surface area contributed by atoms with Gasteiger partial charge in [0.25, 0.3) is 0 Å². The molecule has 11 heteroatoms. The predicted octanol–water partition coefficient (Wildman–Crippen LogP) is 2.26. The van der Waals surface area contributed by atoms with Crippen LogP contribution < -0.4 is 16.0 Å². The van der Waals surface area contributed by atoms with Crippen molar-refractivity contribution in [1.29, 1.82) is 0 Å². The molecule has 0 spiro atoms. The standard InChI is InChI=1S/C17H29F3N6O.HI/c1-21-16(25-10-12-26(2)11-5-13-27-3)24-9-8-23-15-14(17(18,19)20)6-4-7-22-15;/h4,6-7H,5,8-13H2,1-3H3,(H,22,23)(H2,21,24,25);1H. The average Bonchev–Trinajstić information content (AvgIpc) is 2.63. The number of halogens is 4. The molecule has 0 amide bonds. The lowest BCUT2D eigenvalue weighted by Gasteiger charge is -2.18. The highest BCUT2D eigenvalue weighted by Gasteiger charge is 2.33. The molecule has 162 valence electrons. The van der Waals surface area contributed by atoms with Crippen LogP contribution in [0.1, 0.15) is 12.0 Å². The Morgan fingerprint density at radius 2 is 1.93 bits per heavy atom. The zero-order chi connectivity index (χ0) is 20.1. The molecule has 0 saturated heterocycles. The molecule has 0 saturated carbocycles. The predicted molar refractivity (Wildman–Crippen MR) is 116 cm³/mol. The summed E-state index contributed by atoms with van der Waals surface area (Å²) in [5.41, 5.74) is -0.774. The van der Waals surface area contributed by atoms with E-state index >= 15 is 0 Å². The van der Waals surface area contributed by atoms with Crippen molar-refractivity contribution in [3.05, 3.63) is 23.9 Å². The molecule has 0 aliphatic heterocycles. The van der Waals surface area contributed by atoms with Gasteiger partial charge in [0, 0.05) is 59.7 Å². The molecule has 1 aromatic rings. The Hall–Kier alpha value is -1.34. The van der Waals surface area contributed by atoms with Crippen molar-refractivity contribution in [2.24, 2.45) is 4.99 Å². The summed E-state index contributed by atoms with van der Waals surface area (Å²) in [5, 5.41) is 8.93. The molecular weight excluding hydrogens is 488 g/mol. The number of pyridine rings is 1. The second kappa shape index (κ2) is 14.6. The Labute approximate surface area is 181 Å². The second-order valence-electron chi connectivity index (χ2n) is 5.90. The first-order valence-corrected chi connectivity index (χ1v) is 8.76. The molecule has 7 nitrogen and oxygen atoms in total. The van der Waals surface area contributed by atoms with E-state index in [2.05, 4.69) is 30.8 Å². The quantitative estimate of drug-likeness (QED) is 0.181. The molecule has 0 radical (unpaired) electrons. The molecule has 0 atom stereocenters. The minimum atomic E-state index is -4.43. The highest BCUT2D eigenvalue weighted by atomic mass is 127. The van der Waals surface area contributed by atoms with Gasteiger partial charge < -0.3 is 25.6 Å². The molecule has 0 aromatic carbocycles. The number of anilines is 1. The Bertz CT molecular complexity index is 574. The van der Waals surface area contributed by atoms with Crippen LogP contribution in [0, 0.1) is 0 Å². The van der Waals surface area contributed by atoms with Gasteiger partial charge in [0.1, 0.15) is 5.82 Å². The van der Waals surface area contributed by atoms with Gasteiger partial charge in [-0.25, -0.2) is 4.98 Å². The van der Waals surface area contributed by atoms with Crippen molar-refractivity contribution in [2.45, 2.75) is 12.6 Å². The van der Waals surface area contributed by atoms with Gasteiger partial charge >= 0.3 is 6.18 Å². The van der Waals surface area contributed by atoms with E-state index in [-0.39, 0.29) is 36.3 Å². The third kappa shape index (κ3) is 10.9. The topological polar surface area (TPSA) is 73.8 Å². The van der Waals surface area contributed by atoms with E-state index in [1.165, 1.54) is 12.3 Å². The first-order valence-electron chi connectivity index (χ1n) is 8.76. The highest BCUT2D eigenvalue weighted by Crippen LogP contribution is 2.33. The minimum Gasteiger partial charge on any atom is -0.385 e. The molecule has 0 unspecified atom stereocenters. The zero-order valence-corrected chi connectivity index (χ0v) is 18.8. The Balaban J connectivity index is 0.00000729. The maximum atomic E-state index is 12.9. The molecule has 0 aliphatic rings. The summed E-state index contributed by atoms with van der Waals surface area (Å²) in [4.78, 5) is 10.0. The fraction of sp³-hybridized carbons (Fsp3) is 0.647. The minimum absolute atomic E-state index is 0. The third-order valence-corrected chi connectivity index (χ3v) is 3.72. The maximum absolute atomic E-state index is 12.9.